The van der Waals surface area contributed by atoms with Gasteiger partial charge in [-0.15, -0.1) is 0 Å². The van der Waals surface area contributed by atoms with Gasteiger partial charge in [-0.1, -0.05) is 0 Å². The van der Waals surface area contributed by atoms with Crippen molar-refractivity contribution in [3.63, 3.8) is 0 Å². The van der Waals surface area contributed by atoms with Gasteiger partial charge >= 0.3 is 5.97 Å². The van der Waals surface area contributed by atoms with Gasteiger partial charge in [0.25, 0.3) is 0 Å². The minimum absolute atomic E-state index is 0.00353. The molecule has 1 aromatic rings. The zero-order valence-electron chi connectivity index (χ0n) is 10.0. The van der Waals surface area contributed by atoms with E-state index in [1.54, 1.807) is 0 Å². The largest absolute Gasteiger partial charge is 0.481 e. The van der Waals surface area contributed by atoms with Gasteiger partial charge in [-0.05, 0) is 6.07 Å². The average molecular weight is 274 g/mol. The molecule has 0 radical (unpaired) electrons. The number of nitrogens with zero attached hydrogens (tertiary/aromatic N) is 2. The van der Waals surface area contributed by atoms with Crippen molar-refractivity contribution >= 4 is 16.0 Å². The number of carboxylic acids is 1. The van der Waals surface area contributed by atoms with Crippen LogP contribution in [0, 0.1) is 0 Å². The van der Waals surface area contributed by atoms with E-state index in [1.165, 1.54) is 32.5 Å². The topological polar surface area (TPSA) is 96.8 Å². The Kier molecular flexibility index (Phi) is 4.62. The van der Waals surface area contributed by atoms with Crippen LogP contribution >= 0.6 is 0 Å². The molecule has 7 nitrogen and oxygen atoms in total. The van der Waals surface area contributed by atoms with Crippen LogP contribution in [0.2, 0.25) is 0 Å². The van der Waals surface area contributed by atoms with Crippen molar-refractivity contribution in [1.82, 2.24) is 9.29 Å². The van der Waals surface area contributed by atoms with E-state index in [4.69, 9.17) is 9.84 Å². The molecule has 8 heteroatoms. The standard InChI is InChI=1S/C10H14N2O5S/c1-12(6-5-10(13)14)18(15,16)8-3-4-9(17-2)11-7-8/h3-4,7H,5-6H2,1-2H3,(H,13,14). The second kappa shape index (κ2) is 5.78. The Hall–Kier alpha value is -1.67. The Labute approximate surface area is 105 Å². The fourth-order valence-corrected chi connectivity index (χ4v) is 2.31. The third-order valence-electron chi connectivity index (χ3n) is 2.27. The maximum atomic E-state index is 12.0. The molecule has 0 unspecified atom stereocenters. The van der Waals surface area contributed by atoms with Crippen molar-refractivity contribution in [1.29, 1.82) is 0 Å². The molecule has 1 N–H and O–H groups in total. The van der Waals surface area contributed by atoms with E-state index in [0.29, 0.717) is 5.88 Å². The van der Waals surface area contributed by atoms with Gasteiger partial charge in [0.05, 0.1) is 19.7 Å². The van der Waals surface area contributed by atoms with E-state index >= 15 is 0 Å². The van der Waals surface area contributed by atoms with E-state index in [0.717, 1.165) is 4.31 Å². The molecule has 0 aliphatic rings. The van der Waals surface area contributed by atoms with Gasteiger partial charge in [0.2, 0.25) is 15.9 Å². The highest BCUT2D eigenvalue weighted by Gasteiger charge is 2.21. The molecule has 0 amide bonds. The number of aromatic nitrogens is 1. The first-order valence-corrected chi connectivity index (χ1v) is 6.50. The fraction of sp³-hybridized carbons (Fsp3) is 0.400. The lowest BCUT2D eigenvalue weighted by Crippen LogP contribution is -2.29. The van der Waals surface area contributed by atoms with Crippen molar-refractivity contribution < 1.29 is 23.1 Å². The van der Waals surface area contributed by atoms with Crippen LogP contribution in [0.1, 0.15) is 6.42 Å². The van der Waals surface area contributed by atoms with E-state index in [9.17, 15) is 13.2 Å². The summed E-state index contributed by atoms with van der Waals surface area (Å²) in [7, 11) is -0.960. The molecule has 0 spiro atoms. The van der Waals surface area contributed by atoms with Gasteiger partial charge < -0.3 is 9.84 Å². The van der Waals surface area contributed by atoms with Crippen molar-refractivity contribution in [3.05, 3.63) is 18.3 Å². The molecule has 100 valence electrons. The summed E-state index contributed by atoms with van der Waals surface area (Å²) in [5, 5.41) is 8.52. The number of ether oxygens (including phenoxy) is 1. The predicted octanol–water partition coefficient (Wildman–Crippen LogP) is 0.185. The Morgan fingerprint density at radius 2 is 2.17 bits per heavy atom. The maximum absolute atomic E-state index is 12.0. The summed E-state index contributed by atoms with van der Waals surface area (Å²) in [6.45, 7) is -0.0936. The first-order valence-electron chi connectivity index (χ1n) is 5.06. The fourth-order valence-electron chi connectivity index (χ4n) is 1.19. The van der Waals surface area contributed by atoms with Crippen molar-refractivity contribution in [2.24, 2.45) is 0 Å². The Balaban J connectivity index is 2.87. The number of pyridine rings is 1. The molecule has 0 aromatic carbocycles. The Bertz CT molecular complexity index is 512. The molecular weight excluding hydrogens is 260 g/mol. The number of rotatable bonds is 6. The molecule has 0 atom stereocenters. The van der Waals surface area contributed by atoms with E-state index in [2.05, 4.69) is 4.98 Å². The molecule has 1 heterocycles. The molecule has 0 saturated carbocycles. The summed E-state index contributed by atoms with van der Waals surface area (Å²) >= 11 is 0. The van der Waals surface area contributed by atoms with E-state index in [1.807, 2.05) is 0 Å². The highest BCUT2D eigenvalue weighted by Crippen LogP contribution is 2.15. The summed E-state index contributed by atoms with van der Waals surface area (Å²) in [6, 6.07) is 2.79. The van der Waals surface area contributed by atoms with E-state index in [-0.39, 0.29) is 17.9 Å². The molecule has 1 rings (SSSR count). The summed E-state index contributed by atoms with van der Waals surface area (Å²) in [5.74, 6) is -0.743. The van der Waals surface area contributed by atoms with Gasteiger partial charge in [0.1, 0.15) is 4.90 Å². The van der Waals surface area contributed by atoms with Crippen molar-refractivity contribution in [2.75, 3.05) is 20.7 Å². The number of methoxy groups -OCH3 is 1. The number of aliphatic carboxylic acids is 1. The van der Waals surface area contributed by atoms with Crippen LogP contribution in [-0.2, 0) is 14.8 Å². The molecule has 18 heavy (non-hydrogen) atoms. The summed E-state index contributed by atoms with van der Waals surface area (Å²) in [5.41, 5.74) is 0. The van der Waals surface area contributed by atoms with Gasteiger partial charge in [-0.3, -0.25) is 4.79 Å². The number of hydrogen-bond acceptors (Lipinski definition) is 5. The van der Waals surface area contributed by atoms with Gasteiger partial charge in [-0.2, -0.15) is 0 Å². The molecule has 0 saturated heterocycles. The first-order chi connectivity index (χ1) is 8.37. The summed E-state index contributed by atoms with van der Waals surface area (Å²) < 4.78 is 29.8. The third-order valence-corrected chi connectivity index (χ3v) is 4.11. The van der Waals surface area contributed by atoms with Gasteiger partial charge in [-0.25, -0.2) is 17.7 Å². The predicted molar refractivity (Wildman–Crippen MR) is 62.9 cm³/mol. The molecule has 0 bridgehead atoms. The Morgan fingerprint density at radius 3 is 2.61 bits per heavy atom. The number of carbonyl (C=O) groups is 1. The minimum Gasteiger partial charge on any atom is -0.481 e. The smallest absolute Gasteiger partial charge is 0.304 e. The van der Waals surface area contributed by atoms with Crippen LogP contribution in [0.3, 0.4) is 0 Å². The highest BCUT2D eigenvalue weighted by atomic mass is 32.2. The highest BCUT2D eigenvalue weighted by molar-refractivity contribution is 7.89. The van der Waals surface area contributed by atoms with Gasteiger partial charge in [0.15, 0.2) is 0 Å². The third kappa shape index (κ3) is 3.41. The zero-order chi connectivity index (χ0) is 13.8. The van der Waals surface area contributed by atoms with Crippen LogP contribution in [0.4, 0.5) is 0 Å². The van der Waals surface area contributed by atoms with Crippen LogP contribution in [0.25, 0.3) is 0 Å². The van der Waals surface area contributed by atoms with Crippen LogP contribution in [0.5, 0.6) is 5.88 Å². The van der Waals surface area contributed by atoms with Crippen molar-refractivity contribution in [3.8, 4) is 5.88 Å². The normalized spacial score (nSPS) is 11.5. The van der Waals surface area contributed by atoms with Gasteiger partial charge in [0, 0.05) is 19.7 Å². The molecule has 0 aliphatic carbocycles. The summed E-state index contributed by atoms with van der Waals surface area (Å²) in [6.07, 6.45) is 0.921. The molecule has 1 aromatic heterocycles. The minimum atomic E-state index is -3.71. The quantitative estimate of drug-likeness (QED) is 0.795. The van der Waals surface area contributed by atoms with E-state index < -0.39 is 16.0 Å². The molecular formula is C10H14N2O5S. The second-order valence-corrected chi connectivity index (χ2v) is 5.55. The van der Waals surface area contributed by atoms with Crippen LogP contribution < -0.4 is 4.74 Å². The number of carboxylic acid groups (broad SMARTS) is 1. The molecule has 0 aliphatic heterocycles. The zero-order valence-corrected chi connectivity index (χ0v) is 10.8. The second-order valence-electron chi connectivity index (χ2n) is 3.51. The SMILES string of the molecule is COc1ccc(S(=O)(=O)N(C)CCC(=O)O)cn1. The Morgan fingerprint density at radius 1 is 1.50 bits per heavy atom. The van der Waals surface area contributed by atoms with Crippen LogP contribution in [-0.4, -0.2) is 49.5 Å². The monoisotopic (exact) mass is 274 g/mol. The lowest BCUT2D eigenvalue weighted by Gasteiger charge is -2.15. The lowest BCUT2D eigenvalue weighted by atomic mass is 10.4. The lowest BCUT2D eigenvalue weighted by molar-refractivity contribution is -0.137. The van der Waals surface area contributed by atoms with Crippen molar-refractivity contribution in [2.45, 2.75) is 11.3 Å². The average Bonchev–Trinajstić information content (AvgIpc) is 2.35. The number of hydrogen-bond donors (Lipinski definition) is 1. The summed E-state index contributed by atoms with van der Waals surface area (Å²) in [4.78, 5) is 14.2. The number of sulfonamides is 1. The maximum Gasteiger partial charge on any atom is 0.304 e. The first kappa shape index (κ1) is 14.4. The molecule has 0 fully saturated rings. The van der Waals surface area contributed by atoms with Crippen LogP contribution in [0.15, 0.2) is 23.2 Å².